The van der Waals surface area contributed by atoms with Gasteiger partial charge in [0.25, 0.3) is 5.91 Å². The van der Waals surface area contributed by atoms with E-state index in [0.717, 1.165) is 23.4 Å². The number of amides is 1. The summed E-state index contributed by atoms with van der Waals surface area (Å²) in [5.74, 6) is 0.538. The van der Waals surface area contributed by atoms with E-state index < -0.39 is 5.60 Å². The first-order chi connectivity index (χ1) is 10.5. The number of rotatable bonds is 7. The van der Waals surface area contributed by atoms with E-state index in [0.29, 0.717) is 32.7 Å². The lowest BCUT2D eigenvalue weighted by Gasteiger charge is -2.38. The van der Waals surface area contributed by atoms with Crippen molar-refractivity contribution < 1.29 is 19.2 Å². The Morgan fingerprint density at radius 1 is 1.50 bits per heavy atom. The molecule has 0 spiro atoms. The van der Waals surface area contributed by atoms with Crippen LogP contribution in [-0.4, -0.2) is 60.0 Å². The molecule has 0 bridgehead atoms. The predicted molar refractivity (Wildman–Crippen MR) is 80.3 cm³/mol. The highest BCUT2D eigenvalue weighted by atomic mass is 16.5. The van der Waals surface area contributed by atoms with Crippen molar-refractivity contribution in [3.63, 3.8) is 0 Å². The summed E-state index contributed by atoms with van der Waals surface area (Å²) < 4.78 is 10.1. The highest BCUT2D eigenvalue weighted by Gasteiger charge is 2.41. The van der Waals surface area contributed by atoms with Crippen LogP contribution in [0.15, 0.2) is 4.52 Å². The minimum Gasteiger partial charge on any atom is -0.383 e. The third kappa shape index (κ3) is 3.66. The van der Waals surface area contributed by atoms with Crippen molar-refractivity contribution in [2.75, 3.05) is 33.4 Å². The molecule has 124 valence electrons. The molecule has 2 rings (SSSR count). The number of nitrogens with one attached hydrogen (secondary N) is 1. The summed E-state index contributed by atoms with van der Waals surface area (Å²) in [7, 11) is 1.60. The van der Waals surface area contributed by atoms with Crippen molar-refractivity contribution in [2.24, 2.45) is 0 Å². The second-order valence-corrected chi connectivity index (χ2v) is 5.83. The van der Waals surface area contributed by atoms with Gasteiger partial charge in [0.2, 0.25) is 0 Å². The fourth-order valence-electron chi connectivity index (χ4n) is 2.79. The lowest BCUT2D eigenvalue weighted by molar-refractivity contribution is -0.157. The van der Waals surface area contributed by atoms with Crippen LogP contribution in [0.25, 0.3) is 0 Å². The lowest BCUT2D eigenvalue weighted by atomic mass is 9.91. The van der Waals surface area contributed by atoms with Gasteiger partial charge in [-0.1, -0.05) is 5.16 Å². The molecule has 22 heavy (non-hydrogen) atoms. The molecule has 1 unspecified atom stereocenters. The number of likely N-dealkylation sites (tertiary alicyclic amines) is 1. The lowest BCUT2D eigenvalue weighted by Crippen LogP contribution is -2.58. The van der Waals surface area contributed by atoms with E-state index in [4.69, 9.17) is 9.26 Å². The maximum atomic E-state index is 12.4. The highest BCUT2D eigenvalue weighted by Crippen LogP contribution is 2.22. The molecule has 7 nitrogen and oxygen atoms in total. The zero-order valence-electron chi connectivity index (χ0n) is 13.5. The van der Waals surface area contributed by atoms with Crippen molar-refractivity contribution in [3.05, 3.63) is 17.0 Å². The number of nitrogens with zero attached hydrogens (tertiary/aromatic N) is 2. The van der Waals surface area contributed by atoms with E-state index in [2.05, 4.69) is 10.5 Å². The Balaban J connectivity index is 1.91. The molecular formula is C15H25N3O4. The van der Waals surface area contributed by atoms with Crippen LogP contribution in [0.4, 0.5) is 0 Å². The van der Waals surface area contributed by atoms with Crippen molar-refractivity contribution in [1.82, 2.24) is 15.4 Å². The minimum absolute atomic E-state index is 0.220. The zero-order valence-corrected chi connectivity index (χ0v) is 13.5. The Bertz CT molecular complexity index is 497. The molecule has 1 aromatic rings. The van der Waals surface area contributed by atoms with Gasteiger partial charge in [-0.3, -0.25) is 4.79 Å². The summed E-state index contributed by atoms with van der Waals surface area (Å²) in [6.45, 7) is 6.14. The van der Waals surface area contributed by atoms with Crippen LogP contribution in [-0.2, 0) is 16.1 Å². The average Bonchev–Trinajstić information content (AvgIpc) is 2.81. The van der Waals surface area contributed by atoms with Gasteiger partial charge >= 0.3 is 0 Å². The van der Waals surface area contributed by atoms with Crippen LogP contribution in [0, 0.1) is 13.8 Å². The normalized spacial score (nSPS) is 22.4. The number of carbonyl (C=O) groups is 1. The number of methoxy groups -OCH3 is 1. The van der Waals surface area contributed by atoms with Crippen LogP contribution in [0.2, 0.25) is 0 Å². The third-order valence-corrected chi connectivity index (χ3v) is 4.17. The number of aromatic nitrogens is 1. The summed E-state index contributed by atoms with van der Waals surface area (Å²) in [6.07, 6.45) is 1.27. The van der Waals surface area contributed by atoms with Crippen LogP contribution >= 0.6 is 0 Å². The molecule has 1 aliphatic rings. The Morgan fingerprint density at radius 3 is 2.91 bits per heavy atom. The van der Waals surface area contributed by atoms with Crippen molar-refractivity contribution in [1.29, 1.82) is 0 Å². The van der Waals surface area contributed by atoms with E-state index in [-0.39, 0.29) is 12.5 Å². The van der Waals surface area contributed by atoms with E-state index in [1.165, 1.54) is 0 Å². The fraction of sp³-hybridized carbons (Fsp3) is 0.733. The van der Waals surface area contributed by atoms with Gasteiger partial charge in [-0.05, 0) is 26.7 Å². The smallest absolute Gasteiger partial charge is 0.255 e. The standard InChI is InChI=1S/C15H25N3O4/c1-11-13(12(2)22-17-11)9-16-10-15(20)5-4-6-18(14(15)19)7-8-21-3/h16,20H,4-10H2,1-3H3. The number of hydrogen-bond donors (Lipinski definition) is 2. The monoisotopic (exact) mass is 311 g/mol. The van der Waals surface area contributed by atoms with Gasteiger partial charge in [-0.2, -0.15) is 0 Å². The maximum Gasteiger partial charge on any atom is 0.255 e. The van der Waals surface area contributed by atoms with Gasteiger partial charge in [-0.25, -0.2) is 0 Å². The maximum absolute atomic E-state index is 12.4. The molecular weight excluding hydrogens is 286 g/mol. The van der Waals surface area contributed by atoms with Gasteiger partial charge in [0.15, 0.2) is 5.60 Å². The Kier molecular flexibility index (Phi) is 5.55. The Hall–Kier alpha value is -1.44. The predicted octanol–water partition coefficient (Wildman–Crippen LogP) is 0.381. The van der Waals surface area contributed by atoms with Crippen molar-refractivity contribution in [2.45, 2.75) is 38.8 Å². The van der Waals surface area contributed by atoms with Crippen LogP contribution in [0.5, 0.6) is 0 Å². The number of carbonyl (C=O) groups excluding carboxylic acids is 1. The van der Waals surface area contributed by atoms with E-state index >= 15 is 0 Å². The summed E-state index contributed by atoms with van der Waals surface area (Å²) in [5.41, 5.74) is 0.460. The molecule has 1 fully saturated rings. The summed E-state index contributed by atoms with van der Waals surface area (Å²) >= 11 is 0. The fourth-order valence-corrected chi connectivity index (χ4v) is 2.79. The number of ether oxygens (including phenoxy) is 1. The molecule has 0 aromatic carbocycles. The molecule has 1 aliphatic heterocycles. The number of hydrogen-bond acceptors (Lipinski definition) is 6. The largest absolute Gasteiger partial charge is 0.383 e. The molecule has 0 aliphatic carbocycles. The molecule has 0 radical (unpaired) electrons. The first-order valence-electron chi connectivity index (χ1n) is 7.61. The number of aliphatic hydroxyl groups is 1. The first-order valence-corrected chi connectivity index (χ1v) is 7.61. The SMILES string of the molecule is COCCN1CCCC(O)(CNCc2c(C)noc2C)C1=O. The molecule has 1 aromatic heterocycles. The minimum atomic E-state index is -1.34. The Labute approximate surface area is 130 Å². The van der Waals surface area contributed by atoms with E-state index in [1.54, 1.807) is 12.0 Å². The summed E-state index contributed by atoms with van der Waals surface area (Å²) in [5, 5.41) is 17.7. The Morgan fingerprint density at radius 2 is 2.27 bits per heavy atom. The summed E-state index contributed by atoms with van der Waals surface area (Å²) in [4.78, 5) is 14.1. The number of piperidine rings is 1. The molecule has 0 saturated carbocycles. The molecule has 7 heteroatoms. The molecule has 2 heterocycles. The molecule has 1 saturated heterocycles. The second kappa shape index (κ2) is 7.21. The molecule has 2 N–H and O–H groups in total. The van der Waals surface area contributed by atoms with Gasteiger partial charge in [0.05, 0.1) is 12.3 Å². The summed E-state index contributed by atoms with van der Waals surface area (Å²) in [6, 6.07) is 0. The highest BCUT2D eigenvalue weighted by molar-refractivity contribution is 5.86. The van der Waals surface area contributed by atoms with Gasteiger partial charge in [0, 0.05) is 38.9 Å². The van der Waals surface area contributed by atoms with Crippen LogP contribution in [0.3, 0.4) is 0 Å². The van der Waals surface area contributed by atoms with Gasteiger partial charge in [0.1, 0.15) is 5.76 Å². The topological polar surface area (TPSA) is 87.8 Å². The van der Waals surface area contributed by atoms with Crippen molar-refractivity contribution >= 4 is 5.91 Å². The van der Waals surface area contributed by atoms with E-state index in [9.17, 15) is 9.90 Å². The van der Waals surface area contributed by atoms with Gasteiger partial charge in [-0.15, -0.1) is 0 Å². The van der Waals surface area contributed by atoms with Gasteiger partial charge < -0.3 is 24.6 Å². The zero-order chi connectivity index (χ0) is 16.2. The number of aryl methyl sites for hydroxylation is 2. The first kappa shape index (κ1) is 16.9. The van der Waals surface area contributed by atoms with Crippen LogP contribution < -0.4 is 5.32 Å². The van der Waals surface area contributed by atoms with E-state index in [1.807, 2.05) is 13.8 Å². The molecule has 1 amide bonds. The van der Waals surface area contributed by atoms with Crippen LogP contribution in [0.1, 0.15) is 29.9 Å². The second-order valence-electron chi connectivity index (χ2n) is 5.83. The quantitative estimate of drug-likeness (QED) is 0.757. The average molecular weight is 311 g/mol. The van der Waals surface area contributed by atoms with Crippen molar-refractivity contribution in [3.8, 4) is 0 Å². The molecule has 1 atom stereocenters. The third-order valence-electron chi connectivity index (χ3n) is 4.17.